The minimum Gasteiger partial charge on any atom is -0.392 e. The molecule has 0 aromatic rings. The van der Waals surface area contributed by atoms with Gasteiger partial charge in [-0.3, -0.25) is 0 Å². The van der Waals surface area contributed by atoms with E-state index in [0.29, 0.717) is 5.41 Å². The Bertz CT molecular complexity index is 219. The molecule has 0 spiro atoms. The molecule has 0 bridgehead atoms. The third-order valence-electron chi connectivity index (χ3n) is 4.06. The van der Waals surface area contributed by atoms with Gasteiger partial charge in [0.05, 0.1) is 6.61 Å². The van der Waals surface area contributed by atoms with Crippen molar-refractivity contribution in [3.05, 3.63) is 11.6 Å². The monoisotopic (exact) mass is 180 g/mol. The van der Waals surface area contributed by atoms with Crippen molar-refractivity contribution in [1.29, 1.82) is 0 Å². The highest BCUT2D eigenvalue weighted by atomic mass is 16.3. The van der Waals surface area contributed by atoms with Crippen LogP contribution in [0.3, 0.4) is 0 Å². The van der Waals surface area contributed by atoms with Crippen molar-refractivity contribution in [1.82, 2.24) is 0 Å². The van der Waals surface area contributed by atoms with Gasteiger partial charge in [0.1, 0.15) is 0 Å². The summed E-state index contributed by atoms with van der Waals surface area (Å²) < 4.78 is 0. The van der Waals surface area contributed by atoms with Gasteiger partial charge in [0, 0.05) is 0 Å². The molecule has 0 radical (unpaired) electrons. The maximum absolute atomic E-state index is 9.13. The molecule has 0 aromatic heterocycles. The molecule has 0 saturated heterocycles. The Morgan fingerprint density at radius 1 is 1.54 bits per heavy atom. The van der Waals surface area contributed by atoms with Gasteiger partial charge < -0.3 is 5.11 Å². The van der Waals surface area contributed by atoms with Gasteiger partial charge in [0.25, 0.3) is 0 Å². The Kier molecular flexibility index (Phi) is 2.46. The summed E-state index contributed by atoms with van der Waals surface area (Å²) >= 11 is 0. The maximum atomic E-state index is 9.13. The van der Waals surface area contributed by atoms with Crippen LogP contribution in [-0.2, 0) is 0 Å². The highest BCUT2D eigenvalue weighted by molar-refractivity contribution is 5.13. The van der Waals surface area contributed by atoms with Gasteiger partial charge in [-0.25, -0.2) is 0 Å². The van der Waals surface area contributed by atoms with Crippen molar-refractivity contribution in [2.75, 3.05) is 6.61 Å². The van der Waals surface area contributed by atoms with Crippen LogP contribution in [0, 0.1) is 11.3 Å². The second-order valence-electron chi connectivity index (χ2n) is 5.03. The van der Waals surface area contributed by atoms with Crippen LogP contribution in [0.2, 0.25) is 0 Å². The fourth-order valence-electron chi connectivity index (χ4n) is 3.13. The molecule has 2 unspecified atom stereocenters. The van der Waals surface area contributed by atoms with Crippen LogP contribution in [0.1, 0.15) is 45.4 Å². The van der Waals surface area contributed by atoms with Gasteiger partial charge in [-0.05, 0) is 42.6 Å². The molecule has 0 amide bonds. The molecule has 1 heteroatoms. The summed E-state index contributed by atoms with van der Waals surface area (Å²) in [5, 5.41) is 9.13. The Balaban J connectivity index is 2.13. The van der Waals surface area contributed by atoms with Crippen LogP contribution in [0.25, 0.3) is 0 Å². The average Bonchev–Trinajstić information content (AvgIpc) is 2.16. The number of aliphatic hydroxyl groups is 1. The summed E-state index contributed by atoms with van der Waals surface area (Å²) in [6, 6.07) is 0. The van der Waals surface area contributed by atoms with E-state index in [1.807, 2.05) is 0 Å². The first-order valence-electron chi connectivity index (χ1n) is 5.53. The highest BCUT2D eigenvalue weighted by Crippen LogP contribution is 2.49. The molecule has 1 fully saturated rings. The SMILES string of the molecule is CC12CCCCC1CC=C(CO)C2. The molecule has 2 aliphatic carbocycles. The van der Waals surface area contributed by atoms with Gasteiger partial charge in [-0.1, -0.05) is 25.8 Å². The Labute approximate surface area is 80.8 Å². The van der Waals surface area contributed by atoms with Crippen LogP contribution in [0.15, 0.2) is 11.6 Å². The average molecular weight is 180 g/mol. The molecular formula is C12H20O. The molecule has 2 rings (SSSR count). The van der Waals surface area contributed by atoms with Gasteiger partial charge >= 0.3 is 0 Å². The molecule has 13 heavy (non-hydrogen) atoms. The minimum absolute atomic E-state index is 0.280. The van der Waals surface area contributed by atoms with E-state index in [1.54, 1.807) is 0 Å². The van der Waals surface area contributed by atoms with Gasteiger partial charge in [-0.2, -0.15) is 0 Å². The largest absolute Gasteiger partial charge is 0.392 e. The van der Waals surface area contributed by atoms with Crippen molar-refractivity contribution in [2.24, 2.45) is 11.3 Å². The van der Waals surface area contributed by atoms with Crippen LogP contribution >= 0.6 is 0 Å². The Morgan fingerprint density at radius 2 is 2.38 bits per heavy atom. The maximum Gasteiger partial charge on any atom is 0.0641 e. The molecular weight excluding hydrogens is 160 g/mol. The number of aliphatic hydroxyl groups excluding tert-OH is 1. The second kappa shape index (κ2) is 3.45. The van der Waals surface area contributed by atoms with Crippen molar-refractivity contribution >= 4 is 0 Å². The zero-order valence-electron chi connectivity index (χ0n) is 8.55. The van der Waals surface area contributed by atoms with E-state index < -0.39 is 0 Å². The number of hydrogen-bond acceptors (Lipinski definition) is 1. The van der Waals surface area contributed by atoms with E-state index in [4.69, 9.17) is 5.11 Å². The van der Waals surface area contributed by atoms with E-state index >= 15 is 0 Å². The van der Waals surface area contributed by atoms with Crippen molar-refractivity contribution < 1.29 is 5.11 Å². The predicted octanol–water partition coefficient (Wildman–Crippen LogP) is 2.90. The lowest BCUT2D eigenvalue weighted by atomic mass is 9.61. The standard InChI is InChI=1S/C12H20O/c1-12-7-3-2-4-11(12)6-5-10(8-12)9-13/h5,11,13H,2-4,6-9H2,1H3. The molecule has 0 heterocycles. The summed E-state index contributed by atoms with van der Waals surface area (Å²) in [6.45, 7) is 2.70. The first kappa shape index (κ1) is 9.26. The fourth-order valence-corrected chi connectivity index (χ4v) is 3.13. The third-order valence-corrected chi connectivity index (χ3v) is 4.06. The molecule has 1 saturated carbocycles. The summed E-state index contributed by atoms with van der Waals surface area (Å²) in [5.41, 5.74) is 1.80. The van der Waals surface area contributed by atoms with Gasteiger partial charge in [-0.15, -0.1) is 0 Å². The van der Waals surface area contributed by atoms with Crippen molar-refractivity contribution in [3.63, 3.8) is 0 Å². The summed E-state index contributed by atoms with van der Waals surface area (Å²) in [5.74, 6) is 0.900. The fraction of sp³-hybridized carbons (Fsp3) is 0.833. The smallest absolute Gasteiger partial charge is 0.0641 e. The molecule has 2 atom stereocenters. The second-order valence-corrected chi connectivity index (χ2v) is 5.03. The highest BCUT2D eigenvalue weighted by Gasteiger charge is 2.38. The lowest BCUT2D eigenvalue weighted by molar-refractivity contribution is 0.102. The van der Waals surface area contributed by atoms with Crippen LogP contribution in [-0.4, -0.2) is 11.7 Å². The Morgan fingerprint density at radius 3 is 3.15 bits per heavy atom. The van der Waals surface area contributed by atoms with Crippen molar-refractivity contribution in [3.8, 4) is 0 Å². The Hall–Kier alpha value is -0.300. The molecule has 0 aromatic carbocycles. The van der Waals surface area contributed by atoms with E-state index in [9.17, 15) is 0 Å². The van der Waals surface area contributed by atoms with Crippen molar-refractivity contribution in [2.45, 2.75) is 45.4 Å². The predicted molar refractivity (Wildman–Crippen MR) is 54.5 cm³/mol. The lowest BCUT2D eigenvalue weighted by Gasteiger charge is -2.44. The molecule has 74 valence electrons. The molecule has 1 N–H and O–H groups in total. The molecule has 2 aliphatic rings. The topological polar surface area (TPSA) is 20.2 Å². The van der Waals surface area contributed by atoms with E-state index in [2.05, 4.69) is 13.0 Å². The normalized spacial score (nSPS) is 39.5. The first-order chi connectivity index (χ1) is 6.24. The molecule has 0 aliphatic heterocycles. The van der Waals surface area contributed by atoms with Crippen LogP contribution in [0.4, 0.5) is 0 Å². The number of hydrogen-bond donors (Lipinski definition) is 1. The van der Waals surface area contributed by atoms with Gasteiger partial charge in [0.2, 0.25) is 0 Å². The van der Waals surface area contributed by atoms with E-state index in [0.717, 1.165) is 12.3 Å². The quantitative estimate of drug-likeness (QED) is 0.615. The summed E-state index contributed by atoms with van der Waals surface area (Å²) in [4.78, 5) is 0. The first-order valence-corrected chi connectivity index (χ1v) is 5.53. The van der Waals surface area contributed by atoms with Crippen LogP contribution < -0.4 is 0 Å². The van der Waals surface area contributed by atoms with Crippen LogP contribution in [0.5, 0.6) is 0 Å². The number of rotatable bonds is 1. The molecule has 1 nitrogen and oxygen atoms in total. The number of allylic oxidation sites excluding steroid dienone is 1. The number of fused-ring (bicyclic) bond motifs is 1. The zero-order valence-corrected chi connectivity index (χ0v) is 8.55. The summed E-state index contributed by atoms with van der Waals surface area (Å²) in [7, 11) is 0. The summed E-state index contributed by atoms with van der Waals surface area (Å²) in [6.07, 6.45) is 10.2. The lowest BCUT2D eigenvalue weighted by Crippen LogP contribution is -2.34. The van der Waals surface area contributed by atoms with E-state index in [-0.39, 0.29) is 6.61 Å². The van der Waals surface area contributed by atoms with E-state index in [1.165, 1.54) is 37.7 Å². The zero-order chi connectivity index (χ0) is 9.31. The minimum atomic E-state index is 0.280. The third kappa shape index (κ3) is 1.67. The van der Waals surface area contributed by atoms with Gasteiger partial charge in [0.15, 0.2) is 0 Å².